The van der Waals surface area contributed by atoms with Crippen LogP contribution in [0.15, 0.2) is 48.7 Å². The number of primary amides is 1. The number of nitrogens with zero attached hydrogens (tertiary/aromatic N) is 2. The number of amides is 3. The van der Waals surface area contributed by atoms with E-state index in [0.717, 1.165) is 5.56 Å². The van der Waals surface area contributed by atoms with Crippen LogP contribution >= 0.6 is 11.6 Å². The third-order valence-electron chi connectivity index (χ3n) is 4.88. The number of pyridine rings is 1. The number of rotatable bonds is 7. The lowest BCUT2D eigenvalue weighted by atomic mass is 10.1. The van der Waals surface area contributed by atoms with E-state index in [0.29, 0.717) is 30.1 Å². The van der Waals surface area contributed by atoms with Crippen LogP contribution in [0.2, 0.25) is 5.15 Å². The van der Waals surface area contributed by atoms with Gasteiger partial charge in [-0.25, -0.2) is 9.78 Å². The zero-order valence-corrected chi connectivity index (χ0v) is 17.0. The first kappa shape index (κ1) is 21.6. The van der Waals surface area contributed by atoms with Crippen molar-refractivity contribution in [2.45, 2.75) is 38.0 Å². The number of hydrogen-bond acceptors (Lipinski definition) is 5. The summed E-state index contributed by atoms with van der Waals surface area (Å²) in [6.07, 6.45) is 2.29. The fourth-order valence-electron chi connectivity index (χ4n) is 3.31. The average Bonchev–Trinajstić information content (AvgIpc) is 3.24. The fourth-order valence-corrected chi connectivity index (χ4v) is 3.43. The van der Waals surface area contributed by atoms with E-state index in [4.69, 9.17) is 22.1 Å². The molecule has 1 aliphatic heterocycles. The minimum Gasteiger partial charge on any atom is -0.445 e. The molecule has 1 saturated heterocycles. The Labute approximate surface area is 179 Å². The van der Waals surface area contributed by atoms with Gasteiger partial charge in [0, 0.05) is 19.2 Å². The topological polar surface area (TPSA) is 115 Å². The van der Waals surface area contributed by atoms with E-state index in [1.54, 1.807) is 12.1 Å². The molecule has 0 bridgehead atoms. The summed E-state index contributed by atoms with van der Waals surface area (Å²) in [5.41, 5.74) is 7.02. The molecule has 1 aromatic carbocycles. The lowest BCUT2D eigenvalue weighted by Gasteiger charge is -2.25. The molecule has 3 rings (SSSR count). The van der Waals surface area contributed by atoms with Crippen LogP contribution in [0.1, 0.15) is 24.0 Å². The van der Waals surface area contributed by atoms with E-state index < -0.39 is 30.0 Å². The van der Waals surface area contributed by atoms with Crippen molar-refractivity contribution in [3.63, 3.8) is 0 Å². The number of aromatic nitrogens is 1. The minimum absolute atomic E-state index is 0.123. The van der Waals surface area contributed by atoms with Gasteiger partial charge in [0.1, 0.15) is 23.8 Å². The molecule has 2 heterocycles. The van der Waals surface area contributed by atoms with Crippen molar-refractivity contribution < 1.29 is 19.1 Å². The van der Waals surface area contributed by atoms with Crippen molar-refractivity contribution in [2.75, 3.05) is 6.54 Å². The Kier molecular flexibility index (Phi) is 7.24. The van der Waals surface area contributed by atoms with Crippen molar-refractivity contribution >= 4 is 29.5 Å². The van der Waals surface area contributed by atoms with E-state index in [2.05, 4.69) is 10.3 Å². The molecule has 1 aromatic heterocycles. The molecular weight excluding hydrogens is 408 g/mol. The molecule has 8 nitrogen and oxygen atoms in total. The molecule has 1 aliphatic rings. The second-order valence-electron chi connectivity index (χ2n) is 7.05. The van der Waals surface area contributed by atoms with Crippen molar-refractivity contribution in [2.24, 2.45) is 5.73 Å². The zero-order chi connectivity index (χ0) is 21.5. The molecule has 3 amide bonds. The van der Waals surface area contributed by atoms with Gasteiger partial charge in [-0.15, -0.1) is 0 Å². The molecule has 0 aliphatic carbocycles. The number of hydrogen-bond donors (Lipinski definition) is 2. The summed E-state index contributed by atoms with van der Waals surface area (Å²) in [5.74, 6) is -1.11. The molecule has 30 heavy (non-hydrogen) atoms. The Hall–Kier alpha value is -3.13. The third-order valence-corrected chi connectivity index (χ3v) is 5.11. The predicted molar refractivity (Wildman–Crippen MR) is 110 cm³/mol. The number of ether oxygens (including phenoxy) is 1. The molecule has 9 heteroatoms. The molecule has 158 valence electrons. The Bertz CT molecular complexity index is 892. The molecular formula is C21H23ClN4O4. The van der Waals surface area contributed by atoms with Gasteiger partial charge >= 0.3 is 6.09 Å². The monoisotopic (exact) mass is 430 g/mol. The van der Waals surface area contributed by atoms with Gasteiger partial charge in [-0.1, -0.05) is 48.0 Å². The summed E-state index contributed by atoms with van der Waals surface area (Å²) in [6, 6.07) is 11.0. The summed E-state index contributed by atoms with van der Waals surface area (Å²) in [5, 5.41) is 2.98. The highest BCUT2D eigenvalue weighted by Crippen LogP contribution is 2.19. The molecule has 0 spiro atoms. The molecule has 2 atom stereocenters. The first-order chi connectivity index (χ1) is 14.4. The van der Waals surface area contributed by atoms with E-state index in [1.165, 1.54) is 11.1 Å². The molecule has 0 radical (unpaired) electrons. The van der Waals surface area contributed by atoms with E-state index in [9.17, 15) is 14.4 Å². The van der Waals surface area contributed by atoms with Crippen molar-refractivity contribution in [1.29, 1.82) is 0 Å². The zero-order valence-electron chi connectivity index (χ0n) is 16.3. The number of nitrogens with two attached hydrogens (primary N) is 1. The summed E-state index contributed by atoms with van der Waals surface area (Å²) < 4.78 is 5.35. The summed E-state index contributed by atoms with van der Waals surface area (Å²) in [6.45, 7) is 0.534. The molecule has 1 fully saturated rings. The third kappa shape index (κ3) is 5.70. The highest BCUT2D eigenvalue weighted by atomic mass is 35.5. The van der Waals surface area contributed by atoms with Crippen molar-refractivity contribution in [1.82, 2.24) is 15.2 Å². The first-order valence-corrected chi connectivity index (χ1v) is 9.99. The van der Waals surface area contributed by atoms with Crippen LogP contribution in [0, 0.1) is 0 Å². The number of halogens is 1. The Morgan fingerprint density at radius 3 is 2.63 bits per heavy atom. The van der Waals surface area contributed by atoms with Crippen molar-refractivity contribution in [3.8, 4) is 0 Å². The molecule has 3 N–H and O–H groups in total. The molecule has 2 aromatic rings. The largest absolute Gasteiger partial charge is 0.445 e. The van der Waals surface area contributed by atoms with Gasteiger partial charge < -0.3 is 15.8 Å². The maximum Gasteiger partial charge on any atom is 0.410 e. The van der Waals surface area contributed by atoms with E-state index >= 15 is 0 Å². The first-order valence-electron chi connectivity index (χ1n) is 9.61. The van der Waals surface area contributed by atoms with Crippen LogP contribution in [-0.2, 0) is 27.4 Å². The minimum atomic E-state index is -0.928. The van der Waals surface area contributed by atoms with Crippen LogP contribution in [0.3, 0.4) is 0 Å². The smallest absolute Gasteiger partial charge is 0.410 e. The van der Waals surface area contributed by atoms with Gasteiger partial charge in [-0.2, -0.15) is 0 Å². The second kappa shape index (κ2) is 10.1. The predicted octanol–water partition coefficient (Wildman–Crippen LogP) is 2.05. The quantitative estimate of drug-likeness (QED) is 0.652. The highest BCUT2D eigenvalue weighted by molar-refractivity contribution is 6.29. The van der Waals surface area contributed by atoms with Crippen LogP contribution in [0.25, 0.3) is 0 Å². The normalized spacial score (nSPS) is 16.7. The van der Waals surface area contributed by atoms with Crippen molar-refractivity contribution in [3.05, 3.63) is 64.9 Å². The number of carbonyl (C=O) groups excluding carboxylic acids is 3. The van der Waals surface area contributed by atoms with E-state index in [1.807, 2.05) is 30.3 Å². The summed E-state index contributed by atoms with van der Waals surface area (Å²) >= 11 is 5.77. The Morgan fingerprint density at radius 1 is 1.20 bits per heavy atom. The van der Waals surface area contributed by atoms with Gasteiger partial charge in [0.05, 0.1) is 0 Å². The van der Waals surface area contributed by atoms with Gasteiger partial charge in [0.15, 0.2) is 0 Å². The van der Waals surface area contributed by atoms with Gasteiger partial charge in [0.25, 0.3) is 0 Å². The van der Waals surface area contributed by atoms with Crippen LogP contribution < -0.4 is 11.1 Å². The maximum atomic E-state index is 12.8. The fraction of sp³-hybridized carbons (Fsp3) is 0.333. The Balaban J connectivity index is 1.59. The second-order valence-corrected chi connectivity index (χ2v) is 7.44. The number of likely N-dealkylation sites (tertiary alicyclic amines) is 1. The van der Waals surface area contributed by atoms with Gasteiger partial charge in [0.2, 0.25) is 11.8 Å². The highest BCUT2D eigenvalue weighted by Gasteiger charge is 2.36. The Morgan fingerprint density at radius 2 is 1.97 bits per heavy atom. The standard InChI is InChI=1S/C21H23ClN4O4/c22-18-9-8-15(12-24-18)11-16(19(23)27)25-20(28)17-7-4-10-26(17)21(29)30-13-14-5-2-1-3-6-14/h1-3,5-6,8-9,12,16-17H,4,7,10-11,13H2,(H2,23,27)(H,25,28)/t16-,17+/m0/s1. The maximum absolute atomic E-state index is 12.8. The summed E-state index contributed by atoms with van der Waals surface area (Å²) in [7, 11) is 0. The van der Waals surface area contributed by atoms with E-state index in [-0.39, 0.29) is 13.0 Å². The number of benzene rings is 1. The number of nitrogens with one attached hydrogen (secondary N) is 1. The summed E-state index contributed by atoms with van der Waals surface area (Å²) in [4.78, 5) is 42.5. The van der Waals surface area contributed by atoms with Crippen LogP contribution in [0.5, 0.6) is 0 Å². The average molecular weight is 431 g/mol. The molecule has 0 unspecified atom stereocenters. The van der Waals surface area contributed by atoms with Gasteiger partial charge in [-0.3, -0.25) is 14.5 Å². The van der Waals surface area contributed by atoms with Crippen LogP contribution in [-0.4, -0.2) is 46.4 Å². The SMILES string of the molecule is NC(=O)[C@H](Cc1ccc(Cl)nc1)NC(=O)[C@H]1CCCN1C(=O)OCc1ccccc1. The van der Waals surface area contributed by atoms with Gasteiger partial charge in [-0.05, 0) is 30.0 Å². The van der Waals surface area contributed by atoms with Crippen LogP contribution in [0.4, 0.5) is 4.79 Å². The lowest BCUT2D eigenvalue weighted by molar-refractivity contribution is -0.130. The lowest BCUT2D eigenvalue weighted by Crippen LogP contribution is -2.53. The molecule has 0 saturated carbocycles. The number of carbonyl (C=O) groups is 3.